The second kappa shape index (κ2) is 13.9. The first kappa shape index (κ1) is 26.9. The number of aromatic nitrogens is 1. The van der Waals surface area contributed by atoms with E-state index in [0.717, 1.165) is 70.5 Å². The molecule has 1 aromatic heterocycles. The van der Waals surface area contributed by atoms with Gasteiger partial charge in [-0.15, -0.1) is 0 Å². The largest absolute Gasteiger partial charge is 0.397 e. The zero-order valence-electron chi connectivity index (χ0n) is 21.7. The fourth-order valence-corrected chi connectivity index (χ4v) is 4.90. The highest BCUT2D eigenvalue weighted by Crippen LogP contribution is 2.19. The Kier molecular flexibility index (Phi) is 10.1. The van der Waals surface area contributed by atoms with E-state index in [1.165, 1.54) is 12.8 Å². The van der Waals surface area contributed by atoms with E-state index in [0.29, 0.717) is 30.2 Å². The number of morpholine rings is 1. The number of rotatable bonds is 11. The Labute approximate surface area is 219 Å². The van der Waals surface area contributed by atoms with Gasteiger partial charge in [-0.2, -0.15) is 0 Å². The summed E-state index contributed by atoms with van der Waals surface area (Å²) in [7, 11) is 0. The SMILES string of the molecule is Nc1ccccc1NC(=O)c1ccc(CN(CCCCCN2CCOCC2)C(=O)NC2CCCC2)cn1. The highest BCUT2D eigenvalue weighted by atomic mass is 16.5. The quantitative estimate of drug-likeness (QED) is 0.314. The van der Waals surface area contributed by atoms with E-state index < -0.39 is 0 Å². The molecular weight excluding hydrogens is 468 g/mol. The highest BCUT2D eigenvalue weighted by Gasteiger charge is 2.21. The molecule has 0 atom stereocenters. The van der Waals surface area contributed by atoms with E-state index in [4.69, 9.17) is 10.5 Å². The average Bonchev–Trinajstić information content (AvgIpc) is 3.43. The van der Waals surface area contributed by atoms with Crippen molar-refractivity contribution >= 4 is 23.3 Å². The molecule has 0 unspecified atom stereocenters. The second-order valence-electron chi connectivity index (χ2n) is 9.96. The smallest absolute Gasteiger partial charge is 0.317 e. The summed E-state index contributed by atoms with van der Waals surface area (Å²) in [6.07, 6.45) is 9.28. The van der Waals surface area contributed by atoms with Gasteiger partial charge in [-0.25, -0.2) is 4.79 Å². The molecule has 2 heterocycles. The number of ether oxygens (including phenoxy) is 1. The normalized spacial score (nSPS) is 16.4. The molecule has 0 spiro atoms. The molecule has 0 bridgehead atoms. The maximum absolute atomic E-state index is 13.1. The van der Waals surface area contributed by atoms with Crippen molar-refractivity contribution in [2.45, 2.75) is 57.5 Å². The molecular formula is C28H40N6O3. The van der Waals surface area contributed by atoms with Crippen LogP contribution < -0.4 is 16.4 Å². The molecule has 4 rings (SSSR count). The van der Waals surface area contributed by atoms with Gasteiger partial charge in [0, 0.05) is 38.4 Å². The van der Waals surface area contributed by atoms with E-state index >= 15 is 0 Å². The molecule has 1 aliphatic carbocycles. The molecule has 1 aliphatic heterocycles. The zero-order chi connectivity index (χ0) is 25.9. The van der Waals surface area contributed by atoms with E-state index in [1.54, 1.807) is 24.4 Å². The third-order valence-corrected chi connectivity index (χ3v) is 7.12. The van der Waals surface area contributed by atoms with Crippen LogP contribution in [-0.2, 0) is 11.3 Å². The van der Waals surface area contributed by atoms with Crippen molar-refractivity contribution in [2.24, 2.45) is 0 Å². The minimum absolute atomic E-state index is 0.0125. The van der Waals surface area contributed by atoms with E-state index in [9.17, 15) is 9.59 Å². The number of hydrogen-bond donors (Lipinski definition) is 3. The molecule has 1 saturated heterocycles. The van der Waals surface area contributed by atoms with Gasteiger partial charge in [0.05, 0.1) is 24.6 Å². The maximum Gasteiger partial charge on any atom is 0.317 e. The maximum atomic E-state index is 13.1. The molecule has 200 valence electrons. The predicted molar refractivity (Wildman–Crippen MR) is 145 cm³/mol. The van der Waals surface area contributed by atoms with Gasteiger partial charge in [-0.3, -0.25) is 14.7 Å². The van der Waals surface area contributed by atoms with Gasteiger partial charge < -0.3 is 26.0 Å². The van der Waals surface area contributed by atoms with Crippen molar-refractivity contribution in [3.63, 3.8) is 0 Å². The van der Waals surface area contributed by atoms with Crippen LogP contribution in [0.15, 0.2) is 42.6 Å². The molecule has 9 nitrogen and oxygen atoms in total. The Morgan fingerprint density at radius 1 is 1.05 bits per heavy atom. The Hall–Kier alpha value is -3.17. The molecule has 4 N–H and O–H groups in total. The Bertz CT molecular complexity index is 1000. The van der Waals surface area contributed by atoms with Crippen LogP contribution in [0, 0.1) is 0 Å². The van der Waals surface area contributed by atoms with Crippen molar-refractivity contribution < 1.29 is 14.3 Å². The molecule has 9 heteroatoms. The van der Waals surface area contributed by atoms with Crippen molar-refractivity contribution in [3.05, 3.63) is 53.9 Å². The van der Waals surface area contributed by atoms with Gasteiger partial charge in [-0.1, -0.05) is 37.5 Å². The molecule has 2 aliphatic rings. The molecule has 37 heavy (non-hydrogen) atoms. The topological polar surface area (TPSA) is 113 Å². The number of pyridine rings is 1. The lowest BCUT2D eigenvalue weighted by atomic mass is 10.2. The van der Waals surface area contributed by atoms with Gasteiger partial charge in [0.25, 0.3) is 5.91 Å². The standard InChI is InChI=1S/C28H40N6O3/c29-24-10-4-5-11-25(24)32-27(35)26-13-12-22(20-30-26)21-34(28(36)31-23-8-2-3-9-23)15-7-1-6-14-33-16-18-37-19-17-33/h4-5,10-13,20,23H,1-3,6-9,14-19,21,29H2,(H,31,36)(H,32,35). The van der Waals surface area contributed by atoms with Crippen LogP contribution >= 0.6 is 0 Å². The number of nitrogens with zero attached hydrogens (tertiary/aromatic N) is 3. The Morgan fingerprint density at radius 3 is 2.57 bits per heavy atom. The average molecular weight is 509 g/mol. The number of nitrogen functional groups attached to an aromatic ring is 1. The number of nitrogens with one attached hydrogen (secondary N) is 2. The van der Waals surface area contributed by atoms with Crippen LogP contribution in [0.25, 0.3) is 0 Å². The zero-order valence-corrected chi connectivity index (χ0v) is 21.7. The van der Waals surface area contributed by atoms with Crippen LogP contribution in [0.2, 0.25) is 0 Å². The predicted octanol–water partition coefficient (Wildman–Crippen LogP) is 3.87. The van der Waals surface area contributed by atoms with Crippen LogP contribution in [0.5, 0.6) is 0 Å². The van der Waals surface area contributed by atoms with Gasteiger partial charge in [-0.05, 0) is 56.0 Å². The number of anilines is 2. The van der Waals surface area contributed by atoms with Crippen molar-refractivity contribution in [1.82, 2.24) is 20.1 Å². The summed E-state index contributed by atoms with van der Waals surface area (Å²) in [6.45, 7) is 5.90. The molecule has 1 aromatic carbocycles. The summed E-state index contributed by atoms with van der Waals surface area (Å²) in [5.41, 5.74) is 8.18. The number of unbranched alkanes of at least 4 members (excludes halogenated alkanes) is 2. The third-order valence-electron chi connectivity index (χ3n) is 7.12. The molecule has 2 aromatic rings. The molecule has 3 amide bonds. The number of amides is 3. The number of benzene rings is 1. The lowest BCUT2D eigenvalue weighted by Gasteiger charge is -2.27. The number of para-hydroxylation sites is 2. The second-order valence-corrected chi connectivity index (χ2v) is 9.96. The van der Waals surface area contributed by atoms with Gasteiger partial charge in [0.15, 0.2) is 0 Å². The number of urea groups is 1. The molecule has 2 fully saturated rings. The molecule has 0 radical (unpaired) electrons. The Balaban J connectivity index is 1.30. The number of carbonyl (C=O) groups excluding carboxylic acids is 2. The van der Waals surface area contributed by atoms with E-state index in [-0.39, 0.29) is 18.0 Å². The Morgan fingerprint density at radius 2 is 1.84 bits per heavy atom. The van der Waals surface area contributed by atoms with Crippen LogP contribution in [0.3, 0.4) is 0 Å². The summed E-state index contributed by atoms with van der Waals surface area (Å²) in [6, 6.07) is 10.9. The van der Waals surface area contributed by atoms with Crippen molar-refractivity contribution in [2.75, 3.05) is 50.4 Å². The van der Waals surface area contributed by atoms with Crippen LogP contribution in [0.4, 0.5) is 16.2 Å². The highest BCUT2D eigenvalue weighted by molar-refractivity contribution is 6.04. The van der Waals surface area contributed by atoms with E-state index in [1.807, 2.05) is 23.1 Å². The summed E-state index contributed by atoms with van der Waals surface area (Å²) >= 11 is 0. The first-order valence-electron chi connectivity index (χ1n) is 13.5. The third kappa shape index (κ3) is 8.43. The number of hydrogen-bond acceptors (Lipinski definition) is 6. The summed E-state index contributed by atoms with van der Waals surface area (Å²) in [5, 5.41) is 6.02. The molecule has 1 saturated carbocycles. The van der Waals surface area contributed by atoms with Gasteiger partial charge in [0.1, 0.15) is 5.69 Å². The lowest BCUT2D eigenvalue weighted by molar-refractivity contribution is 0.0370. The minimum atomic E-state index is -0.319. The van der Waals surface area contributed by atoms with Gasteiger partial charge in [0.2, 0.25) is 0 Å². The monoisotopic (exact) mass is 508 g/mol. The summed E-state index contributed by atoms with van der Waals surface area (Å²) in [4.78, 5) is 34.4. The van der Waals surface area contributed by atoms with E-state index in [2.05, 4.69) is 20.5 Å². The van der Waals surface area contributed by atoms with Gasteiger partial charge >= 0.3 is 6.03 Å². The van der Waals surface area contributed by atoms with Crippen LogP contribution in [-0.4, -0.2) is 72.2 Å². The first-order chi connectivity index (χ1) is 18.1. The number of nitrogens with two attached hydrogens (primary N) is 1. The van der Waals surface area contributed by atoms with Crippen molar-refractivity contribution in [3.8, 4) is 0 Å². The van der Waals surface area contributed by atoms with Crippen molar-refractivity contribution in [1.29, 1.82) is 0 Å². The lowest BCUT2D eigenvalue weighted by Crippen LogP contribution is -2.44. The summed E-state index contributed by atoms with van der Waals surface area (Å²) in [5.74, 6) is -0.319. The summed E-state index contributed by atoms with van der Waals surface area (Å²) < 4.78 is 5.42. The fourth-order valence-electron chi connectivity index (χ4n) is 4.90. The first-order valence-corrected chi connectivity index (χ1v) is 13.5. The number of carbonyl (C=O) groups is 2. The minimum Gasteiger partial charge on any atom is -0.397 e. The van der Waals surface area contributed by atoms with Crippen LogP contribution in [0.1, 0.15) is 61.0 Å². The fraction of sp³-hybridized carbons (Fsp3) is 0.536.